The van der Waals surface area contributed by atoms with Crippen LogP contribution < -0.4 is 0 Å². The van der Waals surface area contributed by atoms with Gasteiger partial charge in [-0.3, -0.25) is 0 Å². The number of rotatable bonds is 3. The van der Waals surface area contributed by atoms with Crippen LogP contribution in [0.5, 0.6) is 0 Å². The minimum Gasteiger partial charge on any atom is -0.0906 e. The largest absolute Gasteiger partial charge is 0.0906 e. The van der Waals surface area contributed by atoms with Gasteiger partial charge in [0.15, 0.2) is 0 Å². The van der Waals surface area contributed by atoms with Gasteiger partial charge in [-0.15, -0.1) is 0 Å². The van der Waals surface area contributed by atoms with Gasteiger partial charge in [-0.05, 0) is 18.4 Å². The first-order valence-corrected chi connectivity index (χ1v) is 2.68. The first-order chi connectivity index (χ1) is 3.85. The maximum atomic E-state index is 7.93. The third kappa shape index (κ3) is 2.48. The molecule has 0 bridgehead atoms. The van der Waals surface area contributed by atoms with Crippen molar-refractivity contribution < 1.29 is 0 Å². The van der Waals surface area contributed by atoms with Gasteiger partial charge >= 0.3 is 0 Å². The first-order valence-electron chi connectivity index (χ1n) is 2.68. The summed E-state index contributed by atoms with van der Waals surface area (Å²) in [5.41, 5.74) is 7.93. The van der Waals surface area contributed by atoms with Crippen LogP contribution in [-0.2, 0) is 0 Å². The van der Waals surface area contributed by atoms with Gasteiger partial charge in [0.2, 0.25) is 0 Å². The number of azide groups is 1. The van der Waals surface area contributed by atoms with Crippen LogP contribution in [-0.4, -0.2) is 6.04 Å². The van der Waals surface area contributed by atoms with Crippen LogP contribution in [0.4, 0.5) is 0 Å². The molecule has 0 fully saturated rings. The van der Waals surface area contributed by atoms with Crippen molar-refractivity contribution >= 4 is 0 Å². The maximum Gasteiger partial charge on any atom is 0.0371 e. The number of hydrogen-bond donors (Lipinski definition) is 0. The highest BCUT2D eigenvalue weighted by Crippen LogP contribution is 2.00. The predicted molar refractivity (Wildman–Crippen MR) is 33.2 cm³/mol. The summed E-state index contributed by atoms with van der Waals surface area (Å²) in [6.45, 7) is 5.59. The fourth-order valence-electron chi connectivity index (χ4n) is 0.417. The minimum absolute atomic E-state index is 0.0972. The highest BCUT2D eigenvalue weighted by Gasteiger charge is 1.95. The SMILES string of the molecule is [CH2]CC(CC)N=[N+]=[N-]. The quantitative estimate of drug-likeness (QED) is 0.305. The second-order valence-corrected chi connectivity index (χ2v) is 1.56. The topological polar surface area (TPSA) is 48.8 Å². The standard InChI is InChI=1S/C5H10N3/c1-3-5(4-2)7-8-6/h5H,1,3-4H2,2H3. The fourth-order valence-corrected chi connectivity index (χ4v) is 0.417. The smallest absolute Gasteiger partial charge is 0.0371 e. The molecule has 3 nitrogen and oxygen atoms in total. The molecule has 8 heavy (non-hydrogen) atoms. The molecular weight excluding hydrogens is 102 g/mol. The molecule has 0 aliphatic heterocycles. The first kappa shape index (κ1) is 7.31. The molecule has 0 aliphatic carbocycles. The molecular formula is C5H10N3. The lowest BCUT2D eigenvalue weighted by molar-refractivity contribution is 0.653. The molecule has 0 spiro atoms. The van der Waals surface area contributed by atoms with E-state index in [1.54, 1.807) is 0 Å². The van der Waals surface area contributed by atoms with E-state index < -0.39 is 0 Å². The molecule has 1 radical (unpaired) electrons. The zero-order chi connectivity index (χ0) is 6.41. The highest BCUT2D eigenvalue weighted by atomic mass is 15.1. The summed E-state index contributed by atoms with van der Waals surface area (Å²) in [6, 6.07) is 0.0972. The Hall–Kier alpha value is -0.690. The van der Waals surface area contributed by atoms with Gasteiger partial charge in [-0.2, -0.15) is 0 Å². The molecule has 0 aromatic rings. The van der Waals surface area contributed by atoms with Crippen LogP contribution >= 0.6 is 0 Å². The monoisotopic (exact) mass is 112 g/mol. The van der Waals surface area contributed by atoms with Crippen molar-refractivity contribution in [2.45, 2.75) is 25.8 Å². The number of nitrogens with zero attached hydrogens (tertiary/aromatic N) is 3. The lowest BCUT2D eigenvalue weighted by atomic mass is 10.2. The summed E-state index contributed by atoms with van der Waals surface area (Å²) >= 11 is 0. The fraction of sp³-hybridized carbons (Fsp3) is 0.800. The summed E-state index contributed by atoms with van der Waals surface area (Å²) in [5, 5.41) is 3.48. The minimum atomic E-state index is 0.0972. The van der Waals surface area contributed by atoms with Crippen LogP contribution in [0.3, 0.4) is 0 Å². The molecule has 1 unspecified atom stereocenters. The number of hydrogen-bond acceptors (Lipinski definition) is 1. The van der Waals surface area contributed by atoms with Crippen LogP contribution in [0, 0.1) is 6.92 Å². The molecule has 0 amide bonds. The summed E-state index contributed by atoms with van der Waals surface area (Å²) < 4.78 is 0. The molecule has 1 atom stereocenters. The Morgan fingerprint density at radius 1 is 1.88 bits per heavy atom. The average Bonchev–Trinajstić information content (AvgIpc) is 1.83. The molecule has 0 saturated heterocycles. The van der Waals surface area contributed by atoms with Crippen molar-refractivity contribution in [2.24, 2.45) is 5.11 Å². The normalized spacial score (nSPS) is 8.88. The molecule has 3 heteroatoms. The second kappa shape index (κ2) is 4.47. The van der Waals surface area contributed by atoms with Crippen LogP contribution in [0.15, 0.2) is 5.11 Å². The third-order valence-corrected chi connectivity index (χ3v) is 1.02. The van der Waals surface area contributed by atoms with E-state index in [0.717, 1.165) is 6.42 Å². The Morgan fingerprint density at radius 3 is 2.62 bits per heavy atom. The predicted octanol–water partition coefficient (Wildman–Crippen LogP) is 2.30. The van der Waals surface area contributed by atoms with Crippen molar-refractivity contribution in [2.75, 3.05) is 0 Å². The summed E-state index contributed by atoms with van der Waals surface area (Å²) in [4.78, 5) is 2.66. The summed E-state index contributed by atoms with van der Waals surface area (Å²) in [5.74, 6) is 0. The molecule has 0 heterocycles. The van der Waals surface area contributed by atoms with E-state index in [-0.39, 0.29) is 6.04 Å². The van der Waals surface area contributed by atoms with Crippen LogP contribution in [0.1, 0.15) is 19.8 Å². The van der Waals surface area contributed by atoms with Crippen molar-refractivity contribution in [3.63, 3.8) is 0 Å². The van der Waals surface area contributed by atoms with Crippen molar-refractivity contribution in [3.05, 3.63) is 17.4 Å². The van der Waals surface area contributed by atoms with Crippen LogP contribution in [0.25, 0.3) is 10.4 Å². The van der Waals surface area contributed by atoms with Crippen molar-refractivity contribution in [3.8, 4) is 0 Å². The van der Waals surface area contributed by atoms with Gasteiger partial charge in [-0.1, -0.05) is 19.0 Å². The molecule has 0 N–H and O–H groups in total. The Kier molecular flexibility index (Phi) is 4.08. The zero-order valence-electron chi connectivity index (χ0n) is 5.04. The second-order valence-electron chi connectivity index (χ2n) is 1.56. The van der Waals surface area contributed by atoms with Crippen molar-refractivity contribution in [1.29, 1.82) is 0 Å². The Balaban J connectivity index is 3.52. The maximum absolute atomic E-state index is 7.93. The molecule has 0 aromatic carbocycles. The average molecular weight is 112 g/mol. The van der Waals surface area contributed by atoms with E-state index in [2.05, 4.69) is 16.9 Å². The van der Waals surface area contributed by atoms with Crippen LogP contribution in [0.2, 0.25) is 0 Å². The summed E-state index contributed by atoms with van der Waals surface area (Å²) in [6.07, 6.45) is 1.58. The van der Waals surface area contributed by atoms with Gasteiger partial charge in [-0.25, -0.2) is 0 Å². The molecule has 0 aromatic heterocycles. The highest BCUT2D eigenvalue weighted by molar-refractivity contribution is 4.64. The molecule has 0 saturated carbocycles. The lowest BCUT2D eigenvalue weighted by Gasteiger charge is -1.99. The lowest BCUT2D eigenvalue weighted by Crippen LogP contribution is -1.96. The molecule has 0 aliphatic rings. The van der Waals surface area contributed by atoms with E-state index in [0.29, 0.717) is 6.42 Å². The molecule has 0 rings (SSSR count). The van der Waals surface area contributed by atoms with Gasteiger partial charge in [0, 0.05) is 11.0 Å². The van der Waals surface area contributed by atoms with Crippen molar-refractivity contribution in [1.82, 2.24) is 0 Å². The Morgan fingerprint density at radius 2 is 2.50 bits per heavy atom. The zero-order valence-corrected chi connectivity index (χ0v) is 5.04. The van der Waals surface area contributed by atoms with E-state index in [1.165, 1.54) is 0 Å². The Labute approximate surface area is 49.3 Å². The van der Waals surface area contributed by atoms with E-state index in [9.17, 15) is 0 Å². The van der Waals surface area contributed by atoms with E-state index in [4.69, 9.17) is 5.53 Å². The third-order valence-electron chi connectivity index (χ3n) is 1.02. The van der Waals surface area contributed by atoms with E-state index in [1.807, 2.05) is 6.92 Å². The van der Waals surface area contributed by atoms with Gasteiger partial charge in [0.05, 0.1) is 0 Å². The van der Waals surface area contributed by atoms with Gasteiger partial charge in [0.1, 0.15) is 0 Å². The Bertz CT molecular complexity index is 89.8. The van der Waals surface area contributed by atoms with Gasteiger partial charge < -0.3 is 0 Å². The van der Waals surface area contributed by atoms with Gasteiger partial charge in [0.25, 0.3) is 0 Å². The summed E-state index contributed by atoms with van der Waals surface area (Å²) in [7, 11) is 0. The van der Waals surface area contributed by atoms with E-state index >= 15 is 0 Å². The molecule has 45 valence electrons.